The van der Waals surface area contributed by atoms with Crippen LogP contribution in [-0.2, 0) is 4.79 Å². The maximum absolute atomic E-state index is 12.7. The van der Waals surface area contributed by atoms with Crippen LogP contribution in [0.3, 0.4) is 0 Å². The molecular weight excluding hydrogens is 273 g/mol. The lowest BCUT2D eigenvalue weighted by atomic mass is 9.96. The molecule has 0 atom stereocenters. The lowest BCUT2D eigenvalue weighted by Gasteiger charge is -2.22. The predicted molar refractivity (Wildman–Crippen MR) is 78.4 cm³/mol. The maximum atomic E-state index is 12.7. The third kappa shape index (κ3) is 5.41. The van der Waals surface area contributed by atoms with Crippen LogP contribution in [0.25, 0.3) is 0 Å². The standard InChI is InChI=1S/C15H20FN3O2/c16-11-6-8-13(9-7-11)18-14(20)10-17-15(21)19-12-4-2-1-3-5-12/h6-9,12H,1-5,10H2,(H,18,20)(H2,17,19,21). The molecule has 0 aliphatic heterocycles. The smallest absolute Gasteiger partial charge is 0.315 e. The Morgan fingerprint density at radius 1 is 1.10 bits per heavy atom. The molecule has 0 saturated heterocycles. The van der Waals surface area contributed by atoms with E-state index in [1.165, 1.54) is 30.7 Å². The van der Waals surface area contributed by atoms with E-state index >= 15 is 0 Å². The molecule has 1 saturated carbocycles. The van der Waals surface area contributed by atoms with Crippen molar-refractivity contribution in [1.82, 2.24) is 10.6 Å². The number of rotatable bonds is 4. The van der Waals surface area contributed by atoms with Crippen LogP contribution in [0.15, 0.2) is 24.3 Å². The highest BCUT2D eigenvalue weighted by atomic mass is 19.1. The first-order valence-corrected chi connectivity index (χ1v) is 7.23. The van der Waals surface area contributed by atoms with Crippen molar-refractivity contribution in [2.24, 2.45) is 0 Å². The number of halogens is 1. The van der Waals surface area contributed by atoms with Gasteiger partial charge in [0.2, 0.25) is 5.91 Å². The van der Waals surface area contributed by atoms with Gasteiger partial charge in [-0.1, -0.05) is 19.3 Å². The van der Waals surface area contributed by atoms with Crippen molar-refractivity contribution in [2.45, 2.75) is 38.1 Å². The Morgan fingerprint density at radius 2 is 1.76 bits per heavy atom. The Labute approximate surface area is 123 Å². The summed E-state index contributed by atoms with van der Waals surface area (Å²) < 4.78 is 12.7. The van der Waals surface area contributed by atoms with Gasteiger partial charge in [-0.25, -0.2) is 9.18 Å². The monoisotopic (exact) mass is 293 g/mol. The highest BCUT2D eigenvalue weighted by Gasteiger charge is 2.15. The van der Waals surface area contributed by atoms with Crippen molar-refractivity contribution in [3.8, 4) is 0 Å². The fraction of sp³-hybridized carbons (Fsp3) is 0.467. The van der Waals surface area contributed by atoms with Gasteiger partial charge in [0.1, 0.15) is 5.82 Å². The van der Waals surface area contributed by atoms with Crippen LogP contribution in [-0.4, -0.2) is 24.5 Å². The number of hydrogen-bond donors (Lipinski definition) is 3. The van der Waals surface area contributed by atoms with Gasteiger partial charge in [0.05, 0.1) is 6.54 Å². The first kappa shape index (κ1) is 15.3. The molecule has 3 N–H and O–H groups in total. The van der Waals surface area contributed by atoms with Crippen LogP contribution < -0.4 is 16.0 Å². The zero-order chi connectivity index (χ0) is 15.1. The van der Waals surface area contributed by atoms with Crippen molar-refractivity contribution in [3.05, 3.63) is 30.1 Å². The first-order chi connectivity index (χ1) is 10.1. The maximum Gasteiger partial charge on any atom is 0.315 e. The van der Waals surface area contributed by atoms with Gasteiger partial charge in [0.25, 0.3) is 0 Å². The van der Waals surface area contributed by atoms with Crippen LogP contribution in [0.4, 0.5) is 14.9 Å². The number of amides is 3. The van der Waals surface area contributed by atoms with E-state index in [9.17, 15) is 14.0 Å². The highest BCUT2D eigenvalue weighted by Crippen LogP contribution is 2.17. The van der Waals surface area contributed by atoms with Crippen molar-refractivity contribution in [2.75, 3.05) is 11.9 Å². The van der Waals surface area contributed by atoms with Gasteiger partial charge in [-0.3, -0.25) is 4.79 Å². The molecule has 114 valence electrons. The Morgan fingerprint density at radius 3 is 2.43 bits per heavy atom. The average molecular weight is 293 g/mol. The van der Waals surface area contributed by atoms with Gasteiger partial charge < -0.3 is 16.0 Å². The molecule has 1 aliphatic carbocycles. The topological polar surface area (TPSA) is 70.2 Å². The molecule has 1 aliphatic rings. The van der Waals surface area contributed by atoms with Crippen LogP contribution in [0.1, 0.15) is 32.1 Å². The minimum absolute atomic E-state index is 0.115. The third-order valence-electron chi connectivity index (χ3n) is 3.48. The Hall–Kier alpha value is -2.11. The molecule has 3 amide bonds. The van der Waals surface area contributed by atoms with Gasteiger partial charge in [0.15, 0.2) is 0 Å². The quantitative estimate of drug-likeness (QED) is 0.797. The van der Waals surface area contributed by atoms with E-state index in [0.29, 0.717) is 5.69 Å². The first-order valence-electron chi connectivity index (χ1n) is 7.23. The van der Waals surface area contributed by atoms with Crippen molar-refractivity contribution in [3.63, 3.8) is 0 Å². The zero-order valence-electron chi connectivity index (χ0n) is 11.8. The molecule has 0 unspecified atom stereocenters. The number of carbonyl (C=O) groups excluding carboxylic acids is 2. The summed E-state index contributed by atoms with van der Waals surface area (Å²) in [5, 5.41) is 7.97. The Kier molecular flexibility index (Phi) is 5.54. The lowest BCUT2D eigenvalue weighted by Crippen LogP contribution is -2.45. The molecule has 0 heterocycles. The van der Waals surface area contributed by atoms with E-state index in [1.54, 1.807) is 0 Å². The van der Waals surface area contributed by atoms with Crippen LogP contribution >= 0.6 is 0 Å². The number of nitrogens with one attached hydrogen (secondary N) is 3. The molecule has 2 rings (SSSR count). The molecule has 1 fully saturated rings. The van der Waals surface area contributed by atoms with Crippen molar-refractivity contribution >= 4 is 17.6 Å². The van der Waals surface area contributed by atoms with E-state index < -0.39 is 0 Å². The Balaban J connectivity index is 1.68. The second-order valence-electron chi connectivity index (χ2n) is 5.22. The molecule has 0 spiro atoms. The molecule has 0 radical (unpaired) electrons. The van der Waals surface area contributed by atoms with Gasteiger partial charge in [-0.15, -0.1) is 0 Å². The number of benzene rings is 1. The number of carbonyl (C=O) groups is 2. The summed E-state index contributed by atoms with van der Waals surface area (Å²) in [4.78, 5) is 23.3. The van der Waals surface area contributed by atoms with E-state index in [4.69, 9.17) is 0 Å². The SMILES string of the molecule is O=C(CNC(=O)NC1CCCCC1)Nc1ccc(F)cc1. The minimum atomic E-state index is -0.363. The lowest BCUT2D eigenvalue weighted by molar-refractivity contribution is -0.115. The van der Waals surface area contributed by atoms with E-state index in [0.717, 1.165) is 25.7 Å². The minimum Gasteiger partial charge on any atom is -0.335 e. The normalized spacial score (nSPS) is 15.3. The highest BCUT2D eigenvalue weighted by molar-refractivity contribution is 5.94. The second-order valence-corrected chi connectivity index (χ2v) is 5.22. The molecule has 5 nitrogen and oxygen atoms in total. The fourth-order valence-corrected chi connectivity index (χ4v) is 2.38. The molecule has 0 bridgehead atoms. The summed E-state index contributed by atoms with van der Waals surface area (Å²) in [6.07, 6.45) is 5.48. The van der Waals surface area contributed by atoms with E-state index in [2.05, 4.69) is 16.0 Å². The molecule has 1 aromatic carbocycles. The molecule has 6 heteroatoms. The van der Waals surface area contributed by atoms with E-state index in [-0.39, 0.29) is 30.3 Å². The van der Waals surface area contributed by atoms with Crippen LogP contribution in [0.5, 0.6) is 0 Å². The Bertz CT molecular complexity index is 484. The van der Waals surface area contributed by atoms with Crippen molar-refractivity contribution in [1.29, 1.82) is 0 Å². The summed E-state index contributed by atoms with van der Waals surface area (Å²) in [5.74, 6) is -0.710. The number of hydrogen-bond acceptors (Lipinski definition) is 2. The molecular formula is C15H20FN3O2. The summed E-state index contributed by atoms with van der Waals surface area (Å²) in [5.41, 5.74) is 0.496. The van der Waals surface area contributed by atoms with Gasteiger partial charge in [0, 0.05) is 11.7 Å². The van der Waals surface area contributed by atoms with Crippen molar-refractivity contribution < 1.29 is 14.0 Å². The fourth-order valence-electron chi connectivity index (χ4n) is 2.38. The second kappa shape index (κ2) is 7.61. The average Bonchev–Trinajstić information content (AvgIpc) is 2.49. The van der Waals surface area contributed by atoms with E-state index in [1.807, 2.05) is 0 Å². The van der Waals surface area contributed by atoms with Crippen LogP contribution in [0, 0.1) is 5.82 Å². The summed E-state index contributed by atoms with van der Waals surface area (Å²) in [7, 11) is 0. The van der Waals surface area contributed by atoms with Gasteiger partial charge in [-0.05, 0) is 37.1 Å². The molecule has 21 heavy (non-hydrogen) atoms. The van der Waals surface area contributed by atoms with Crippen LogP contribution in [0.2, 0.25) is 0 Å². The van der Waals surface area contributed by atoms with Gasteiger partial charge in [-0.2, -0.15) is 0 Å². The molecule has 0 aromatic heterocycles. The largest absolute Gasteiger partial charge is 0.335 e. The summed E-state index contributed by atoms with van der Waals surface area (Å²) >= 11 is 0. The molecule has 1 aromatic rings. The predicted octanol–water partition coefficient (Wildman–Crippen LogP) is 2.40. The van der Waals surface area contributed by atoms with Gasteiger partial charge >= 0.3 is 6.03 Å². The summed E-state index contributed by atoms with van der Waals surface area (Å²) in [6.45, 7) is -0.115. The number of anilines is 1. The number of urea groups is 1. The zero-order valence-corrected chi connectivity index (χ0v) is 11.8. The summed E-state index contributed by atoms with van der Waals surface area (Å²) in [6, 6.07) is 5.34. The third-order valence-corrected chi connectivity index (χ3v) is 3.48.